The maximum atomic E-state index is 6.54. The van der Waals surface area contributed by atoms with Crippen LogP contribution in [0.15, 0.2) is 48.8 Å². The topological polar surface area (TPSA) is 96.3 Å². The Kier molecular flexibility index (Phi) is 5.37. The number of ether oxygens (including phenoxy) is 4. The number of H-pyrrole nitrogens is 1. The lowest BCUT2D eigenvalue weighted by Gasteiger charge is -2.15. The summed E-state index contributed by atoms with van der Waals surface area (Å²) in [5.41, 5.74) is 2.76. The molecule has 170 valence electrons. The normalized spacial score (nSPS) is 22.0. The second kappa shape index (κ2) is 8.66. The van der Waals surface area contributed by atoms with Gasteiger partial charge in [-0.25, -0.2) is 4.98 Å². The molecule has 2 aliphatic heterocycles. The third kappa shape index (κ3) is 4.15. The molecule has 0 bridgehead atoms. The highest BCUT2D eigenvalue weighted by molar-refractivity contribution is 6.33. The summed E-state index contributed by atoms with van der Waals surface area (Å²) in [5.74, 6) is 0.768. The summed E-state index contributed by atoms with van der Waals surface area (Å²) >= 11 is 6.54. The first-order valence-electron chi connectivity index (χ1n) is 10.9. The van der Waals surface area contributed by atoms with Crippen molar-refractivity contribution < 1.29 is 18.9 Å². The van der Waals surface area contributed by atoms with E-state index in [1.807, 2.05) is 47.3 Å². The van der Waals surface area contributed by atoms with Crippen LogP contribution >= 0.6 is 11.6 Å². The van der Waals surface area contributed by atoms with Crippen LogP contribution in [0.4, 0.5) is 0 Å². The standard InChI is InChI=1S/C23H22ClN5O4/c24-16-12-17-22(28-23(26-17)33-19-13-32-18-6-10-31-21(18)19)27-20(16)14-2-4-15(5-3-14)30-11-9-29-8-1-7-25-29/h1-5,7-8,12,18-19,21H,6,9-11,13H2,(H,26,27,28)/t18-,19?,21+/m1/s1. The predicted octanol–water partition coefficient (Wildman–Crippen LogP) is 3.49. The van der Waals surface area contributed by atoms with E-state index in [4.69, 9.17) is 30.5 Å². The van der Waals surface area contributed by atoms with Gasteiger partial charge in [0.1, 0.15) is 18.5 Å². The number of rotatable bonds is 7. The number of aromatic nitrogens is 5. The zero-order valence-electron chi connectivity index (χ0n) is 17.7. The van der Waals surface area contributed by atoms with Crippen molar-refractivity contribution in [3.05, 3.63) is 53.8 Å². The Labute approximate surface area is 194 Å². The van der Waals surface area contributed by atoms with Crippen molar-refractivity contribution >= 4 is 22.8 Å². The highest BCUT2D eigenvalue weighted by atomic mass is 35.5. The summed E-state index contributed by atoms with van der Waals surface area (Å²) in [6.07, 6.45) is 4.43. The third-order valence-electron chi connectivity index (χ3n) is 5.86. The molecule has 0 spiro atoms. The number of fused-ring (bicyclic) bond motifs is 2. The van der Waals surface area contributed by atoms with Crippen molar-refractivity contribution in [2.24, 2.45) is 0 Å². The van der Waals surface area contributed by atoms with Gasteiger partial charge in [0.15, 0.2) is 11.8 Å². The Morgan fingerprint density at radius 2 is 2.09 bits per heavy atom. The molecule has 6 rings (SSSR count). The summed E-state index contributed by atoms with van der Waals surface area (Å²) in [6, 6.07) is 11.8. The van der Waals surface area contributed by atoms with Crippen LogP contribution in [-0.2, 0) is 16.0 Å². The molecule has 2 saturated heterocycles. The molecule has 2 fully saturated rings. The van der Waals surface area contributed by atoms with E-state index in [0.29, 0.717) is 54.3 Å². The second-order valence-electron chi connectivity index (χ2n) is 8.03. The van der Waals surface area contributed by atoms with Gasteiger partial charge in [0, 0.05) is 24.6 Å². The molecular formula is C23H22ClN5O4. The molecule has 1 unspecified atom stereocenters. The lowest BCUT2D eigenvalue weighted by molar-refractivity contribution is 0.0273. The molecule has 9 nitrogen and oxygen atoms in total. The predicted molar refractivity (Wildman–Crippen MR) is 121 cm³/mol. The van der Waals surface area contributed by atoms with Crippen LogP contribution in [0.5, 0.6) is 11.8 Å². The Bertz CT molecular complexity index is 1240. The molecule has 0 saturated carbocycles. The third-order valence-corrected chi connectivity index (χ3v) is 6.15. The number of nitrogens with zero attached hydrogens (tertiary/aromatic N) is 4. The van der Waals surface area contributed by atoms with Crippen molar-refractivity contribution in [3.8, 4) is 23.0 Å². The van der Waals surface area contributed by atoms with Gasteiger partial charge >= 0.3 is 0 Å². The molecule has 1 aromatic carbocycles. The molecule has 0 amide bonds. The number of nitrogens with one attached hydrogen (secondary N) is 1. The number of hydrogen-bond donors (Lipinski definition) is 1. The first-order chi connectivity index (χ1) is 16.2. The van der Waals surface area contributed by atoms with Gasteiger partial charge in [-0.15, -0.1) is 0 Å². The Hall–Kier alpha value is -3.14. The minimum absolute atomic E-state index is 0.0504. The van der Waals surface area contributed by atoms with Gasteiger partial charge < -0.3 is 23.9 Å². The minimum atomic E-state index is -0.186. The average molecular weight is 468 g/mol. The number of pyridine rings is 1. The van der Waals surface area contributed by atoms with E-state index in [2.05, 4.69) is 20.1 Å². The van der Waals surface area contributed by atoms with E-state index >= 15 is 0 Å². The highest BCUT2D eigenvalue weighted by Gasteiger charge is 2.43. The molecule has 3 atom stereocenters. The summed E-state index contributed by atoms with van der Waals surface area (Å²) in [5, 5.41) is 4.69. The summed E-state index contributed by atoms with van der Waals surface area (Å²) < 4.78 is 25.1. The molecule has 1 N–H and O–H groups in total. The molecule has 10 heteroatoms. The fraction of sp³-hybridized carbons (Fsp3) is 0.348. The van der Waals surface area contributed by atoms with Crippen molar-refractivity contribution in [2.45, 2.75) is 31.3 Å². The van der Waals surface area contributed by atoms with E-state index in [9.17, 15) is 0 Å². The highest BCUT2D eigenvalue weighted by Crippen LogP contribution is 2.32. The van der Waals surface area contributed by atoms with Gasteiger partial charge in [-0.05, 0) is 42.8 Å². The number of benzene rings is 1. The second-order valence-corrected chi connectivity index (χ2v) is 8.43. The Balaban J connectivity index is 1.16. The van der Waals surface area contributed by atoms with Gasteiger partial charge in [-0.1, -0.05) is 11.6 Å². The fourth-order valence-corrected chi connectivity index (χ4v) is 4.49. The van der Waals surface area contributed by atoms with Crippen LogP contribution in [0.2, 0.25) is 5.02 Å². The van der Waals surface area contributed by atoms with Crippen LogP contribution < -0.4 is 9.47 Å². The molecule has 3 aromatic heterocycles. The lowest BCUT2D eigenvalue weighted by atomic mass is 10.1. The van der Waals surface area contributed by atoms with Crippen LogP contribution in [0, 0.1) is 0 Å². The average Bonchev–Trinajstić information content (AvgIpc) is 3.60. The molecule has 0 aliphatic carbocycles. The molecule has 33 heavy (non-hydrogen) atoms. The number of hydrogen-bond acceptors (Lipinski definition) is 7. The van der Waals surface area contributed by atoms with Gasteiger partial charge in [0.25, 0.3) is 6.01 Å². The van der Waals surface area contributed by atoms with E-state index in [0.717, 1.165) is 17.7 Å². The van der Waals surface area contributed by atoms with E-state index in [1.54, 1.807) is 6.20 Å². The summed E-state index contributed by atoms with van der Waals surface area (Å²) in [6.45, 7) is 2.40. The maximum absolute atomic E-state index is 6.54. The molecule has 5 heterocycles. The lowest BCUT2D eigenvalue weighted by Crippen LogP contribution is -2.32. The van der Waals surface area contributed by atoms with Crippen molar-refractivity contribution in [1.29, 1.82) is 0 Å². The maximum Gasteiger partial charge on any atom is 0.296 e. The monoisotopic (exact) mass is 467 g/mol. The first kappa shape index (κ1) is 20.5. The summed E-state index contributed by atoms with van der Waals surface area (Å²) in [7, 11) is 0. The number of halogens is 1. The quantitative estimate of drug-likeness (QED) is 0.444. The smallest absolute Gasteiger partial charge is 0.296 e. The van der Waals surface area contributed by atoms with Gasteiger partial charge in [0.05, 0.1) is 35.5 Å². The fourth-order valence-electron chi connectivity index (χ4n) is 4.23. The Morgan fingerprint density at radius 3 is 2.94 bits per heavy atom. The van der Waals surface area contributed by atoms with Gasteiger partial charge in [0.2, 0.25) is 0 Å². The zero-order valence-corrected chi connectivity index (χ0v) is 18.4. The molecule has 4 aromatic rings. The minimum Gasteiger partial charge on any atom is -0.492 e. The van der Waals surface area contributed by atoms with Gasteiger partial charge in [-0.2, -0.15) is 10.1 Å². The molecule has 2 aliphatic rings. The van der Waals surface area contributed by atoms with Crippen molar-refractivity contribution in [2.75, 3.05) is 19.8 Å². The van der Waals surface area contributed by atoms with Gasteiger partial charge in [-0.3, -0.25) is 4.68 Å². The van der Waals surface area contributed by atoms with Crippen LogP contribution in [0.25, 0.3) is 22.4 Å². The number of aromatic amines is 1. The van der Waals surface area contributed by atoms with E-state index in [1.165, 1.54) is 0 Å². The molecule has 0 radical (unpaired) electrons. The van der Waals surface area contributed by atoms with E-state index in [-0.39, 0.29) is 18.3 Å². The number of imidazole rings is 1. The largest absolute Gasteiger partial charge is 0.492 e. The first-order valence-corrected chi connectivity index (χ1v) is 11.3. The van der Waals surface area contributed by atoms with E-state index < -0.39 is 0 Å². The zero-order chi connectivity index (χ0) is 22.2. The van der Waals surface area contributed by atoms with Crippen LogP contribution in [0.1, 0.15) is 6.42 Å². The Morgan fingerprint density at radius 1 is 1.18 bits per heavy atom. The SMILES string of the molecule is Clc1cc2[nH]c(OC3CO[C@@H]4CCO[C@H]34)nc2nc1-c1ccc(OCCn2cccn2)cc1. The molecular weight excluding hydrogens is 446 g/mol. The van der Waals surface area contributed by atoms with Crippen molar-refractivity contribution in [3.63, 3.8) is 0 Å². The van der Waals surface area contributed by atoms with Crippen LogP contribution in [0.3, 0.4) is 0 Å². The van der Waals surface area contributed by atoms with Crippen molar-refractivity contribution in [1.82, 2.24) is 24.7 Å². The van der Waals surface area contributed by atoms with Crippen LogP contribution in [-0.4, -0.2) is 62.9 Å². The summed E-state index contributed by atoms with van der Waals surface area (Å²) in [4.78, 5) is 12.3.